The lowest BCUT2D eigenvalue weighted by atomic mass is 10.2. The fourth-order valence-electron chi connectivity index (χ4n) is 1.27. The van der Waals surface area contributed by atoms with Gasteiger partial charge in [0, 0.05) is 26.1 Å². The van der Waals surface area contributed by atoms with E-state index in [1.807, 2.05) is 0 Å². The number of aliphatic carboxylic acids is 2. The van der Waals surface area contributed by atoms with Crippen LogP contribution in [-0.4, -0.2) is 87.9 Å². The monoisotopic (exact) mass is 328 g/mol. The van der Waals surface area contributed by atoms with Crippen LogP contribution >= 0.6 is 12.8 Å². The lowest BCUT2D eigenvalue weighted by Gasteiger charge is -2.17. The van der Waals surface area contributed by atoms with Gasteiger partial charge in [-0.15, -0.1) is 0 Å². The van der Waals surface area contributed by atoms with Crippen molar-refractivity contribution in [3.05, 3.63) is 0 Å². The Morgan fingerprint density at radius 2 is 1.43 bits per heavy atom. The summed E-state index contributed by atoms with van der Waals surface area (Å²) in [6.07, 6.45) is -0.140. The largest absolute Gasteiger partial charge is 0.481 e. The van der Waals surface area contributed by atoms with Crippen molar-refractivity contribution in [2.24, 2.45) is 0 Å². The molecule has 0 unspecified atom stereocenters. The highest BCUT2D eigenvalue weighted by Gasteiger charge is 2.15. The third kappa shape index (κ3) is 15.3. The molecule has 0 aliphatic rings. The Hall–Kier alpha value is -0.910. The fraction of sp³-hybridized carbons (Fsp3) is 0.818. The lowest BCUT2D eigenvalue weighted by Crippen LogP contribution is -2.32. The molecule has 0 amide bonds. The molecule has 0 aromatic carbocycles. The highest BCUT2D eigenvalue weighted by atomic mass is 32.1. The molecule has 0 saturated carbocycles. The summed E-state index contributed by atoms with van der Waals surface area (Å²) in [6.45, 7) is 1.75. The van der Waals surface area contributed by atoms with E-state index in [1.165, 1.54) is 0 Å². The van der Waals surface area contributed by atoms with Crippen LogP contribution in [0.5, 0.6) is 0 Å². The first-order valence-electron chi connectivity index (χ1n) is 6.32. The van der Waals surface area contributed by atoms with Crippen molar-refractivity contribution in [1.82, 2.24) is 9.62 Å². The van der Waals surface area contributed by atoms with Crippen molar-refractivity contribution in [3.8, 4) is 0 Å². The van der Waals surface area contributed by atoms with Gasteiger partial charge in [-0.1, -0.05) is 12.8 Å². The van der Waals surface area contributed by atoms with Crippen molar-refractivity contribution in [3.63, 3.8) is 0 Å². The number of hydrogen-bond acceptors (Lipinski definition) is 8. The van der Waals surface area contributed by atoms with Crippen LogP contribution in [0.2, 0.25) is 0 Å². The smallest absolute Gasteiger partial charge is 0.321 e. The van der Waals surface area contributed by atoms with E-state index in [9.17, 15) is 9.59 Å². The summed E-state index contributed by atoms with van der Waals surface area (Å²) in [4.78, 5) is 22.0. The molecule has 0 fully saturated rings. The summed E-state index contributed by atoms with van der Waals surface area (Å²) in [5, 5.41) is 42.0. The topological polar surface area (TPSA) is 151 Å². The average Bonchev–Trinajstić information content (AvgIpc) is 2.40. The molecule has 0 spiro atoms. The van der Waals surface area contributed by atoms with Gasteiger partial charge in [0.15, 0.2) is 0 Å². The molecule has 0 aliphatic heterocycles. The zero-order valence-electron chi connectivity index (χ0n) is 11.7. The second-order valence-electron chi connectivity index (χ2n) is 3.96. The molecular weight excluding hydrogens is 304 g/mol. The SMILES string of the molecule is O=C(O)CC[C@H](NS)C(=O)O.OCCN(CCO)CCO. The Morgan fingerprint density at radius 1 is 1.00 bits per heavy atom. The van der Waals surface area contributed by atoms with Crippen LogP contribution in [0.1, 0.15) is 12.8 Å². The number of carbonyl (C=O) groups is 2. The molecule has 1 atom stereocenters. The first-order chi connectivity index (χ1) is 9.92. The van der Waals surface area contributed by atoms with E-state index in [0.29, 0.717) is 19.6 Å². The van der Waals surface area contributed by atoms with E-state index in [0.717, 1.165) is 0 Å². The molecule has 0 rings (SSSR count). The van der Waals surface area contributed by atoms with Crippen molar-refractivity contribution < 1.29 is 35.1 Å². The number of nitrogens with zero attached hydrogens (tertiary/aromatic N) is 1. The number of rotatable bonds is 11. The van der Waals surface area contributed by atoms with E-state index in [-0.39, 0.29) is 32.7 Å². The van der Waals surface area contributed by atoms with Gasteiger partial charge >= 0.3 is 11.9 Å². The van der Waals surface area contributed by atoms with Gasteiger partial charge in [0.2, 0.25) is 0 Å². The number of hydrogen-bond donors (Lipinski definition) is 7. The van der Waals surface area contributed by atoms with Gasteiger partial charge in [-0.25, -0.2) is 0 Å². The summed E-state index contributed by atoms with van der Waals surface area (Å²) in [6, 6.07) is -0.894. The summed E-state index contributed by atoms with van der Waals surface area (Å²) < 4.78 is 2.19. The number of aliphatic hydroxyl groups is 3. The normalized spacial score (nSPS) is 11.7. The maximum absolute atomic E-state index is 10.2. The van der Waals surface area contributed by atoms with Crippen LogP contribution in [0.4, 0.5) is 0 Å². The molecule has 0 heterocycles. The standard InChI is InChI=1S/C6H15NO3.C5H9NO4S/c8-4-1-7(2-5-9)3-6-10;7-4(8)2-1-3(6-11)5(9)10/h8-10H,1-6H2;3,6,11H,1-2H2,(H,7,8)(H,9,10)/t;3-/m.0/s1. The van der Waals surface area contributed by atoms with Gasteiger partial charge in [-0.2, -0.15) is 0 Å². The maximum Gasteiger partial charge on any atom is 0.321 e. The van der Waals surface area contributed by atoms with Gasteiger partial charge in [-0.05, 0) is 6.42 Å². The minimum absolute atomic E-state index is 0.0359. The summed E-state index contributed by atoms with van der Waals surface area (Å²) >= 11 is 3.53. The summed E-state index contributed by atoms with van der Waals surface area (Å²) in [5.41, 5.74) is 0. The molecule has 9 nitrogen and oxygen atoms in total. The third-order valence-electron chi connectivity index (χ3n) is 2.35. The Kier molecular flexibility index (Phi) is 16.5. The van der Waals surface area contributed by atoms with Crippen LogP contribution < -0.4 is 4.72 Å². The van der Waals surface area contributed by atoms with Crippen LogP contribution in [0.15, 0.2) is 0 Å². The minimum atomic E-state index is -1.10. The van der Waals surface area contributed by atoms with Gasteiger partial charge in [0.1, 0.15) is 6.04 Å². The second kappa shape index (κ2) is 15.5. The number of thiol groups is 1. The number of aliphatic hydroxyl groups excluding tert-OH is 3. The van der Waals surface area contributed by atoms with Gasteiger partial charge in [0.25, 0.3) is 0 Å². The lowest BCUT2D eigenvalue weighted by molar-refractivity contribution is -0.140. The first kappa shape index (κ1) is 22.4. The van der Waals surface area contributed by atoms with Crippen molar-refractivity contribution in [2.75, 3.05) is 39.5 Å². The van der Waals surface area contributed by atoms with Crippen molar-refractivity contribution >= 4 is 24.8 Å². The Bertz CT molecular complexity index is 267. The van der Waals surface area contributed by atoms with Gasteiger partial charge in [-0.3, -0.25) is 19.2 Å². The number of nitrogens with one attached hydrogen (secondary N) is 1. The first-order valence-corrected chi connectivity index (χ1v) is 6.76. The molecule has 0 aliphatic carbocycles. The Morgan fingerprint density at radius 3 is 1.67 bits per heavy atom. The van der Waals surface area contributed by atoms with Crippen LogP contribution in [0.3, 0.4) is 0 Å². The predicted molar refractivity (Wildman–Crippen MR) is 78.1 cm³/mol. The van der Waals surface area contributed by atoms with E-state index >= 15 is 0 Å². The molecule has 21 heavy (non-hydrogen) atoms. The summed E-state index contributed by atoms with van der Waals surface area (Å²) in [7, 11) is 0. The molecule has 0 aromatic rings. The van der Waals surface area contributed by atoms with E-state index in [1.54, 1.807) is 4.90 Å². The van der Waals surface area contributed by atoms with Crippen LogP contribution in [0.25, 0.3) is 0 Å². The minimum Gasteiger partial charge on any atom is -0.481 e. The van der Waals surface area contributed by atoms with E-state index < -0.39 is 18.0 Å². The van der Waals surface area contributed by atoms with E-state index in [4.69, 9.17) is 25.5 Å². The van der Waals surface area contributed by atoms with Crippen LogP contribution in [0, 0.1) is 0 Å². The second-order valence-corrected chi connectivity index (χ2v) is 4.22. The molecule has 10 heteroatoms. The van der Waals surface area contributed by atoms with Gasteiger partial charge < -0.3 is 25.5 Å². The third-order valence-corrected chi connectivity index (χ3v) is 2.66. The van der Waals surface area contributed by atoms with Crippen LogP contribution in [-0.2, 0) is 9.59 Å². The molecule has 0 bridgehead atoms. The Labute approximate surface area is 128 Å². The molecule has 126 valence electrons. The number of carboxylic acids is 2. The molecule has 0 aromatic heterocycles. The summed E-state index contributed by atoms with van der Waals surface area (Å²) in [5.74, 6) is -2.11. The quantitative estimate of drug-likeness (QED) is 0.214. The molecular formula is C11H24N2O7S. The van der Waals surface area contributed by atoms with Crippen molar-refractivity contribution in [2.45, 2.75) is 18.9 Å². The number of carboxylic acid groups (broad SMARTS) is 2. The fourth-order valence-corrected chi connectivity index (χ4v) is 1.51. The predicted octanol–water partition coefficient (Wildman–Crippen LogP) is -2.00. The highest BCUT2D eigenvalue weighted by Crippen LogP contribution is 1.98. The van der Waals surface area contributed by atoms with Crippen molar-refractivity contribution in [1.29, 1.82) is 0 Å². The average molecular weight is 328 g/mol. The highest BCUT2D eigenvalue weighted by molar-refractivity contribution is 7.78. The zero-order valence-corrected chi connectivity index (χ0v) is 12.6. The van der Waals surface area contributed by atoms with Gasteiger partial charge in [0.05, 0.1) is 19.8 Å². The molecule has 6 N–H and O–H groups in total. The molecule has 0 radical (unpaired) electrons. The molecule has 0 saturated heterocycles. The maximum atomic E-state index is 10.2. The zero-order chi connectivity index (χ0) is 16.7. The van der Waals surface area contributed by atoms with E-state index in [2.05, 4.69) is 17.5 Å². The Balaban J connectivity index is 0.